The third kappa shape index (κ3) is 4.62. The summed E-state index contributed by atoms with van der Waals surface area (Å²) in [5.74, 6) is 0.899. The van der Waals surface area contributed by atoms with Crippen molar-refractivity contribution in [2.75, 3.05) is 16.9 Å². The van der Waals surface area contributed by atoms with Crippen molar-refractivity contribution in [2.45, 2.75) is 19.0 Å². The highest BCUT2D eigenvalue weighted by Gasteiger charge is 2.23. The van der Waals surface area contributed by atoms with Crippen molar-refractivity contribution in [3.63, 3.8) is 0 Å². The van der Waals surface area contributed by atoms with Gasteiger partial charge < -0.3 is 10.6 Å². The van der Waals surface area contributed by atoms with E-state index in [0.717, 1.165) is 17.2 Å². The molecule has 0 saturated carbocycles. The molecule has 1 saturated heterocycles. The molecule has 0 aromatic heterocycles. The minimum Gasteiger partial charge on any atom is -0.348 e. The lowest BCUT2D eigenvalue weighted by Gasteiger charge is -2.17. The summed E-state index contributed by atoms with van der Waals surface area (Å²) in [4.78, 5) is 24.3. The molecular weight excluding hydrogens is 353 g/mol. The summed E-state index contributed by atoms with van der Waals surface area (Å²) < 4.78 is 12.9. The van der Waals surface area contributed by atoms with Crippen LogP contribution in [0.25, 0.3) is 0 Å². The van der Waals surface area contributed by atoms with Gasteiger partial charge in [-0.2, -0.15) is 0 Å². The van der Waals surface area contributed by atoms with E-state index in [4.69, 9.17) is 0 Å². The van der Waals surface area contributed by atoms with Crippen molar-refractivity contribution < 1.29 is 14.0 Å². The number of rotatable bonds is 5. The third-order valence-corrected chi connectivity index (χ3v) is 5.11. The van der Waals surface area contributed by atoms with Crippen LogP contribution in [0.1, 0.15) is 28.9 Å². The normalized spacial score (nSPS) is 17.5. The number of hydrogen-bond donors (Lipinski definition) is 3. The largest absolute Gasteiger partial charge is 0.348 e. The van der Waals surface area contributed by atoms with Gasteiger partial charge in [-0.1, -0.05) is 12.1 Å². The van der Waals surface area contributed by atoms with Crippen LogP contribution in [0.4, 0.5) is 10.1 Å². The van der Waals surface area contributed by atoms with Gasteiger partial charge in [0.25, 0.3) is 5.91 Å². The first-order chi connectivity index (χ1) is 12.5. The SMILES string of the molecule is CC(NC(=O)C1CSCN1)c1ccc(NC(=O)c2ccc(F)cc2)cc1. The smallest absolute Gasteiger partial charge is 0.255 e. The van der Waals surface area contributed by atoms with E-state index in [1.165, 1.54) is 24.3 Å². The van der Waals surface area contributed by atoms with Gasteiger partial charge >= 0.3 is 0 Å². The molecular formula is C19H20FN3O2S. The molecule has 0 aliphatic carbocycles. The Hall–Kier alpha value is -2.38. The van der Waals surface area contributed by atoms with Gasteiger partial charge in [-0.05, 0) is 48.9 Å². The van der Waals surface area contributed by atoms with Gasteiger partial charge in [-0.3, -0.25) is 14.9 Å². The molecule has 2 aromatic carbocycles. The van der Waals surface area contributed by atoms with Crippen LogP contribution in [0, 0.1) is 5.82 Å². The second-order valence-electron chi connectivity index (χ2n) is 6.09. The maximum atomic E-state index is 12.9. The molecule has 7 heteroatoms. The van der Waals surface area contributed by atoms with Gasteiger partial charge in [0, 0.05) is 22.9 Å². The molecule has 3 rings (SSSR count). The van der Waals surface area contributed by atoms with E-state index in [9.17, 15) is 14.0 Å². The van der Waals surface area contributed by atoms with Gasteiger partial charge in [0.2, 0.25) is 5.91 Å². The number of nitrogens with one attached hydrogen (secondary N) is 3. The Morgan fingerprint density at radius 2 is 1.85 bits per heavy atom. The molecule has 136 valence electrons. The van der Waals surface area contributed by atoms with Gasteiger partial charge in [0.1, 0.15) is 5.82 Å². The fraction of sp³-hybridized carbons (Fsp3) is 0.263. The van der Waals surface area contributed by atoms with E-state index in [0.29, 0.717) is 11.3 Å². The summed E-state index contributed by atoms with van der Waals surface area (Å²) in [6.07, 6.45) is 0. The fourth-order valence-electron chi connectivity index (χ4n) is 2.62. The van der Waals surface area contributed by atoms with Gasteiger partial charge in [-0.25, -0.2) is 4.39 Å². The molecule has 2 amide bonds. The molecule has 1 aliphatic rings. The number of amides is 2. The third-order valence-electron chi connectivity index (χ3n) is 4.17. The molecule has 2 unspecified atom stereocenters. The Labute approximate surface area is 155 Å². The molecule has 1 heterocycles. The number of carbonyl (C=O) groups is 2. The molecule has 1 fully saturated rings. The first-order valence-corrected chi connectivity index (χ1v) is 9.47. The Morgan fingerprint density at radius 3 is 2.46 bits per heavy atom. The topological polar surface area (TPSA) is 70.2 Å². The van der Waals surface area contributed by atoms with Crippen molar-refractivity contribution in [1.29, 1.82) is 0 Å². The van der Waals surface area contributed by atoms with E-state index in [1.807, 2.05) is 19.1 Å². The minimum absolute atomic E-state index is 0.00353. The standard InChI is InChI=1S/C19H20FN3O2S/c1-12(22-19(25)17-10-26-11-21-17)13-4-8-16(9-5-13)23-18(24)14-2-6-15(20)7-3-14/h2-9,12,17,21H,10-11H2,1H3,(H,22,25)(H,23,24). The Morgan fingerprint density at radius 1 is 1.15 bits per heavy atom. The molecule has 0 spiro atoms. The monoisotopic (exact) mass is 373 g/mol. The number of benzene rings is 2. The van der Waals surface area contributed by atoms with Crippen molar-refractivity contribution in [2.24, 2.45) is 0 Å². The highest BCUT2D eigenvalue weighted by Crippen LogP contribution is 2.18. The Balaban J connectivity index is 1.58. The second-order valence-corrected chi connectivity index (χ2v) is 7.12. The molecule has 0 radical (unpaired) electrons. The molecule has 26 heavy (non-hydrogen) atoms. The number of thioether (sulfide) groups is 1. The van der Waals surface area contributed by atoms with Crippen LogP contribution >= 0.6 is 11.8 Å². The Kier molecular flexibility index (Phi) is 5.90. The predicted molar refractivity (Wildman–Crippen MR) is 102 cm³/mol. The maximum Gasteiger partial charge on any atom is 0.255 e. The summed E-state index contributed by atoms with van der Waals surface area (Å²) in [6.45, 7) is 1.92. The zero-order valence-electron chi connectivity index (χ0n) is 14.3. The van der Waals surface area contributed by atoms with E-state index in [1.54, 1.807) is 23.9 Å². The average Bonchev–Trinajstić information content (AvgIpc) is 3.17. The first-order valence-electron chi connectivity index (χ1n) is 8.31. The number of anilines is 1. The van der Waals surface area contributed by atoms with Crippen molar-refractivity contribution in [3.8, 4) is 0 Å². The quantitative estimate of drug-likeness (QED) is 0.754. The fourth-order valence-corrected chi connectivity index (χ4v) is 3.56. The number of carbonyl (C=O) groups excluding carboxylic acids is 2. The molecule has 2 atom stereocenters. The van der Waals surface area contributed by atoms with E-state index < -0.39 is 0 Å². The van der Waals surface area contributed by atoms with Crippen LogP contribution in [0.5, 0.6) is 0 Å². The summed E-state index contributed by atoms with van der Waals surface area (Å²) >= 11 is 1.71. The molecule has 1 aliphatic heterocycles. The highest BCUT2D eigenvalue weighted by atomic mass is 32.2. The molecule has 2 aromatic rings. The van der Waals surface area contributed by atoms with Gasteiger partial charge in [-0.15, -0.1) is 11.8 Å². The van der Waals surface area contributed by atoms with E-state index in [-0.39, 0.29) is 29.7 Å². The minimum atomic E-state index is -0.381. The zero-order chi connectivity index (χ0) is 18.5. The van der Waals surface area contributed by atoms with Crippen LogP contribution < -0.4 is 16.0 Å². The van der Waals surface area contributed by atoms with Crippen LogP contribution in [0.15, 0.2) is 48.5 Å². The van der Waals surface area contributed by atoms with E-state index >= 15 is 0 Å². The van der Waals surface area contributed by atoms with Crippen LogP contribution in [0.2, 0.25) is 0 Å². The molecule has 5 nitrogen and oxygen atoms in total. The van der Waals surface area contributed by atoms with E-state index in [2.05, 4.69) is 16.0 Å². The Bertz CT molecular complexity index is 774. The zero-order valence-corrected chi connectivity index (χ0v) is 15.1. The van der Waals surface area contributed by atoms with Gasteiger partial charge in [0.05, 0.1) is 12.1 Å². The summed E-state index contributed by atoms with van der Waals surface area (Å²) in [6, 6.07) is 12.4. The lowest BCUT2D eigenvalue weighted by Crippen LogP contribution is -2.42. The maximum absolute atomic E-state index is 12.9. The van der Waals surface area contributed by atoms with Gasteiger partial charge in [0.15, 0.2) is 0 Å². The van der Waals surface area contributed by atoms with Crippen LogP contribution in [-0.2, 0) is 4.79 Å². The van der Waals surface area contributed by atoms with Crippen molar-refractivity contribution >= 4 is 29.3 Å². The molecule has 3 N–H and O–H groups in total. The van der Waals surface area contributed by atoms with Crippen molar-refractivity contribution in [3.05, 3.63) is 65.5 Å². The summed E-state index contributed by atoms with van der Waals surface area (Å²) in [5, 5.41) is 8.90. The van der Waals surface area contributed by atoms with Crippen LogP contribution in [0.3, 0.4) is 0 Å². The predicted octanol–water partition coefficient (Wildman–Crippen LogP) is 2.92. The van der Waals surface area contributed by atoms with Crippen LogP contribution in [-0.4, -0.2) is 29.5 Å². The summed E-state index contributed by atoms with van der Waals surface area (Å²) in [7, 11) is 0. The number of halogens is 1. The number of hydrogen-bond acceptors (Lipinski definition) is 4. The summed E-state index contributed by atoms with van der Waals surface area (Å²) in [5.41, 5.74) is 1.97. The molecule has 0 bridgehead atoms. The van der Waals surface area contributed by atoms with Crippen molar-refractivity contribution in [1.82, 2.24) is 10.6 Å². The second kappa shape index (κ2) is 8.33. The lowest BCUT2D eigenvalue weighted by molar-refractivity contribution is -0.123. The average molecular weight is 373 g/mol. The first kappa shape index (κ1) is 18.4. The lowest BCUT2D eigenvalue weighted by atomic mass is 10.1. The highest BCUT2D eigenvalue weighted by molar-refractivity contribution is 7.99.